The Kier molecular flexibility index (Phi) is 8.11. The summed E-state index contributed by atoms with van der Waals surface area (Å²) in [6.45, 7) is 18.5. The molecule has 0 saturated carbocycles. The van der Waals surface area contributed by atoms with E-state index in [0.29, 0.717) is 19.1 Å². The van der Waals surface area contributed by atoms with Gasteiger partial charge in [0, 0.05) is 57.5 Å². The molecular formula is C25H38N6OSi. The first kappa shape index (κ1) is 25.2. The zero-order valence-corrected chi connectivity index (χ0v) is 21.8. The van der Waals surface area contributed by atoms with Crippen LogP contribution in [-0.2, 0) is 17.0 Å². The molecule has 8 heteroatoms. The summed E-state index contributed by atoms with van der Waals surface area (Å²) in [4.78, 5) is 4.85. The summed E-state index contributed by atoms with van der Waals surface area (Å²) in [6.07, 6.45) is 9.35. The summed E-state index contributed by atoms with van der Waals surface area (Å²) in [5.41, 5.74) is 2.53. The summed E-state index contributed by atoms with van der Waals surface area (Å²) >= 11 is 0. The maximum atomic E-state index is 9.25. The van der Waals surface area contributed by atoms with E-state index in [9.17, 15) is 5.26 Å². The van der Waals surface area contributed by atoms with Crippen LogP contribution in [0.25, 0.3) is 5.57 Å². The van der Waals surface area contributed by atoms with Gasteiger partial charge < -0.3 is 14.6 Å². The molecule has 1 unspecified atom stereocenters. The van der Waals surface area contributed by atoms with Crippen molar-refractivity contribution in [1.29, 1.82) is 5.26 Å². The van der Waals surface area contributed by atoms with Crippen LogP contribution >= 0.6 is 0 Å². The van der Waals surface area contributed by atoms with Gasteiger partial charge in [0.1, 0.15) is 18.1 Å². The highest BCUT2D eigenvalue weighted by atomic mass is 28.3. The molecule has 178 valence electrons. The number of nitriles is 1. The zero-order valence-electron chi connectivity index (χ0n) is 20.8. The smallest absolute Gasteiger partial charge is 0.141 e. The molecular weight excluding hydrogens is 428 g/mol. The van der Waals surface area contributed by atoms with Gasteiger partial charge in [-0.05, 0) is 30.0 Å². The Balaban J connectivity index is 1.82. The van der Waals surface area contributed by atoms with Crippen LogP contribution in [0, 0.1) is 17.2 Å². The largest absolute Gasteiger partial charge is 0.361 e. The van der Waals surface area contributed by atoms with Gasteiger partial charge >= 0.3 is 0 Å². The van der Waals surface area contributed by atoms with Crippen molar-refractivity contribution in [3.63, 3.8) is 0 Å². The molecule has 3 rings (SSSR count). The predicted octanol–water partition coefficient (Wildman–Crippen LogP) is 5.02. The number of nitrogens with one attached hydrogen (secondary N) is 1. The first-order valence-electron chi connectivity index (χ1n) is 11.8. The summed E-state index contributed by atoms with van der Waals surface area (Å²) in [7, 11) is -1.13. The third-order valence-corrected chi connectivity index (χ3v) is 8.02. The first-order chi connectivity index (χ1) is 15.7. The highest BCUT2D eigenvalue weighted by molar-refractivity contribution is 6.76. The van der Waals surface area contributed by atoms with Crippen LogP contribution in [0.5, 0.6) is 0 Å². The molecule has 0 aromatic carbocycles. The van der Waals surface area contributed by atoms with Crippen molar-refractivity contribution in [3.05, 3.63) is 42.4 Å². The average Bonchev–Trinajstić information content (AvgIpc) is 3.38. The minimum atomic E-state index is -1.13. The summed E-state index contributed by atoms with van der Waals surface area (Å²) < 4.78 is 9.99. The monoisotopic (exact) mass is 466 g/mol. The Hall–Kier alpha value is -2.47. The molecule has 0 radical (unpaired) electrons. The van der Waals surface area contributed by atoms with Crippen molar-refractivity contribution in [1.82, 2.24) is 19.7 Å². The number of aliphatic imine (C=N–C) groups is 1. The van der Waals surface area contributed by atoms with Crippen molar-refractivity contribution < 1.29 is 4.74 Å². The van der Waals surface area contributed by atoms with Gasteiger partial charge in [-0.25, -0.2) is 4.99 Å². The van der Waals surface area contributed by atoms with E-state index in [1.54, 1.807) is 0 Å². The van der Waals surface area contributed by atoms with E-state index < -0.39 is 8.07 Å². The van der Waals surface area contributed by atoms with Crippen LogP contribution < -0.4 is 5.32 Å². The average molecular weight is 467 g/mol. The molecule has 2 aromatic rings. The summed E-state index contributed by atoms with van der Waals surface area (Å²) in [6, 6.07) is 5.49. The fourth-order valence-electron chi connectivity index (χ4n) is 3.61. The Morgan fingerprint density at radius 1 is 1.45 bits per heavy atom. The Morgan fingerprint density at radius 2 is 2.21 bits per heavy atom. The van der Waals surface area contributed by atoms with Gasteiger partial charge in [-0.3, -0.25) is 4.68 Å². The molecule has 3 heterocycles. The van der Waals surface area contributed by atoms with E-state index in [1.165, 1.54) is 0 Å². The van der Waals surface area contributed by atoms with Crippen molar-refractivity contribution in [2.24, 2.45) is 10.9 Å². The molecule has 33 heavy (non-hydrogen) atoms. The molecule has 1 fully saturated rings. The van der Waals surface area contributed by atoms with Gasteiger partial charge in [0.05, 0.1) is 18.7 Å². The SMILES string of the molecule is C=C(c1cnn(C2(CC#N)CNC2)c1)c1ccn(COCC[Si](C)(C)C)c1N=CC(C)CC. The Bertz CT molecular complexity index is 1020. The van der Waals surface area contributed by atoms with E-state index in [0.717, 1.165) is 54.7 Å². The molecule has 0 amide bonds. The quantitative estimate of drug-likeness (QED) is 0.271. The lowest BCUT2D eigenvalue weighted by Crippen LogP contribution is -2.60. The number of nitrogens with zero attached hydrogens (tertiary/aromatic N) is 5. The Labute approximate surface area is 199 Å². The van der Waals surface area contributed by atoms with Crippen molar-refractivity contribution in [3.8, 4) is 6.07 Å². The van der Waals surface area contributed by atoms with Gasteiger partial charge in [0.25, 0.3) is 0 Å². The maximum Gasteiger partial charge on any atom is 0.141 e. The van der Waals surface area contributed by atoms with Gasteiger partial charge in [-0.1, -0.05) is 40.1 Å². The maximum absolute atomic E-state index is 9.25. The number of hydrogen-bond acceptors (Lipinski definition) is 5. The summed E-state index contributed by atoms with van der Waals surface area (Å²) in [5.74, 6) is 1.25. The van der Waals surface area contributed by atoms with E-state index in [2.05, 4.69) is 67.2 Å². The van der Waals surface area contributed by atoms with Crippen LogP contribution in [0.4, 0.5) is 5.82 Å². The predicted molar refractivity (Wildman–Crippen MR) is 138 cm³/mol. The lowest BCUT2D eigenvalue weighted by atomic mass is 9.89. The molecule has 0 bridgehead atoms. The molecule has 1 atom stereocenters. The topological polar surface area (TPSA) is 80.2 Å². The molecule has 7 nitrogen and oxygen atoms in total. The highest BCUT2D eigenvalue weighted by Crippen LogP contribution is 2.33. The lowest BCUT2D eigenvalue weighted by Gasteiger charge is -2.41. The minimum absolute atomic E-state index is 0.263. The molecule has 1 N–H and O–H groups in total. The third kappa shape index (κ3) is 6.11. The van der Waals surface area contributed by atoms with Crippen molar-refractivity contribution in [2.45, 2.75) is 64.6 Å². The third-order valence-electron chi connectivity index (χ3n) is 6.31. The molecule has 1 aliphatic heterocycles. The van der Waals surface area contributed by atoms with Crippen LogP contribution in [0.1, 0.15) is 37.8 Å². The van der Waals surface area contributed by atoms with Crippen LogP contribution in [0.15, 0.2) is 36.2 Å². The van der Waals surface area contributed by atoms with E-state index in [1.807, 2.05) is 29.5 Å². The Morgan fingerprint density at radius 3 is 2.82 bits per heavy atom. The first-order valence-corrected chi connectivity index (χ1v) is 15.5. The molecule has 0 aliphatic carbocycles. The number of rotatable bonds is 12. The molecule has 1 aliphatic rings. The van der Waals surface area contributed by atoms with Crippen LogP contribution in [-0.4, -0.2) is 48.3 Å². The number of ether oxygens (including phenoxy) is 1. The van der Waals surface area contributed by atoms with Crippen LogP contribution in [0.2, 0.25) is 25.7 Å². The molecule has 2 aromatic heterocycles. The van der Waals surface area contributed by atoms with E-state index in [4.69, 9.17) is 9.73 Å². The van der Waals surface area contributed by atoms with E-state index in [-0.39, 0.29) is 5.54 Å². The van der Waals surface area contributed by atoms with Crippen LogP contribution in [0.3, 0.4) is 0 Å². The van der Waals surface area contributed by atoms with Gasteiger partial charge in [-0.15, -0.1) is 0 Å². The number of hydrogen-bond donors (Lipinski definition) is 1. The fraction of sp³-hybridized carbons (Fsp3) is 0.560. The fourth-order valence-corrected chi connectivity index (χ4v) is 4.37. The van der Waals surface area contributed by atoms with Gasteiger partial charge in [0.2, 0.25) is 0 Å². The second kappa shape index (κ2) is 10.6. The van der Waals surface area contributed by atoms with Gasteiger partial charge in [0.15, 0.2) is 0 Å². The zero-order chi connectivity index (χ0) is 24.1. The van der Waals surface area contributed by atoms with Gasteiger partial charge in [-0.2, -0.15) is 10.4 Å². The summed E-state index contributed by atoms with van der Waals surface area (Å²) in [5, 5.41) is 17.1. The minimum Gasteiger partial charge on any atom is -0.361 e. The van der Waals surface area contributed by atoms with E-state index >= 15 is 0 Å². The second-order valence-electron chi connectivity index (χ2n) is 10.3. The second-order valence-corrected chi connectivity index (χ2v) is 16.0. The normalized spacial score (nSPS) is 16.5. The highest BCUT2D eigenvalue weighted by Gasteiger charge is 2.39. The molecule has 0 spiro atoms. The number of aromatic nitrogens is 3. The standard InChI is InChI=1S/C25H38N6OSi/c1-7-20(2)14-28-24-23(8-11-30(24)19-32-12-13-33(4,5)6)21(3)22-15-29-31(16-22)25(9-10-26)17-27-18-25/h8,11,14-16,20,27H,3,7,9,12-13,17-19H2,1-2,4-6H3. The molecule has 1 saturated heterocycles. The van der Waals surface area contributed by atoms with Crippen molar-refractivity contribution in [2.75, 3.05) is 19.7 Å². The lowest BCUT2D eigenvalue weighted by molar-refractivity contribution is 0.0886. The van der Waals surface area contributed by atoms with Crippen molar-refractivity contribution >= 4 is 25.7 Å².